The van der Waals surface area contributed by atoms with Crippen LogP contribution in [-0.2, 0) is 16.1 Å². The summed E-state index contributed by atoms with van der Waals surface area (Å²) in [6.07, 6.45) is 0.594. The van der Waals surface area contributed by atoms with Crippen molar-refractivity contribution in [2.45, 2.75) is 24.9 Å². The molecule has 3 aromatic carbocycles. The third-order valence-corrected chi connectivity index (χ3v) is 6.55. The molecule has 0 radical (unpaired) electrons. The summed E-state index contributed by atoms with van der Waals surface area (Å²) in [5.41, 5.74) is 3.14. The van der Waals surface area contributed by atoms with Gasteiger partial charge in [0.15, 0.2) is 6.61 Å². The Morgan fingerprint density at radius 2 is 1.76 bits per heavy atom. The minimum absolute atomic E-state index is 0.0615. The summed E-state index contributed by atoms with van der Waals surface area (Å²) in [5.74, 6) is -1.54. The molecule has 1 aliphatic heterocycles. The Labute approximate surface area is 195 Å². The number of rotatable bonds is 6. The van der Waals surface area contributed by atoms with Gasteiger partial charge in [-0.05, 0) is 53.3 Å². The van der Waals surface area contributed by atoms with Crippen LogP contribution in [0.4, 0.5) is 4.39 Å². The first kappa shape index (κ1) is 21.5. The third kappa shape index (κ3) is 4.07. The lowest BCUT2D eigenvalue weighted by Crippen LogP contribution is -2.32. The Balaban J connectivity index is 1.50. The van der Waals surface area contributed by atoms with Gasteiger partial charge < -0.3 is 14.7 Å². The van der Waals surface area contributed by atoms with Crippen molar-refractivity contribution in [2.24, 2.45) is 5.92 Å². The summed E-state index contributed by atoms with van der Waals surface area (Å²) in [5, 5.41) is 9.54. The standard InChI is InChI=1S/C26H21ClFNO4/c27-16-9-10-23(33-14-24(30)31)21(11-16)25-17-6-2-1-5-15(17)13-29(25)26(32)20-12-19(20)18-7-3-4-8-22(18)28/h1-11,19-20,25H,12-14H2,(H,30,31). The van der Waals surface area contributed by atoms with E-state index in [0.29, 0.717) is 34.9 Å². The molecular formula is C26H21ClFNO4. The molecule has 3 aromatic rings. The van der Waals surface area contributed by atoms with Crippen LogP contribution in [0.3, 0.4) is 0 Å². The van der Waals surface area contributed by atoms with Crippen LogP contribution < -0.4 is 4.74 Å². The fourth-order valence-corrected chi connectivity index (χ4v) is 4.91. The van der Waals surface area contributed by atoms with E-state index in [0.717, 1.165) is 11.1 Å². The predicted molar refractivity (Wildman–Crippen MR) is 121 cm³/mol. The average Bonchev–Trinajstić information content (AvgIpc) is 3.50. The van der Waals surface area contributed by atoms with Crippen LogP contribution in [0.5, 0.6) is 5.75 Å². The summed E-state index contributed by atoms with van der Waals surface area (Å²) >= 11 is 6.29. The second-order valence-corrected chi connectivity index (χ2v) is 8.84. The zero-order valence-electron chi connectivity index (χ0n) is 17.6. The van der Waals surface area contributed by atoms with E-state index in [9.17, 15) is 14.0 Å². The number of aliphatic carboxylic acids is 1. The predicted octanol–water partition coefficient (Wildman–Crippen LogP) is 5.18. The molecule has 3 atom stereocenters. The normalized spacial score (nSPS) is 20.9. The van der Waals surface area contributed by atoms with Crippen molar-refractivity contribution >= 4 is 23.5 Å². The molecule has 1 amide bonds. The number of halogens is 2. The highest BCUT2D eigenvalue weighted by Crippen LogP contribution is 2.52. The monoisotopic (exact) mass is 465 g/mol. The Kier molecular flexibility index (Phi) is 5.54. The third-order valence-electron chi connectivity index (χ3n) is 6.32. The van der Waals surface area contributed by atoms with Crippen LogP contribution in [-0.4, -0.2) is 28.5 Å². The SMILES string of the molecule is O=C(O)COc1ccc(Cl)cc1C1c2ccccc2CN1C(=O)C1CC1c1ccccc1F. The highest BCUT2D eigenvalue weighted by atomic mass is 35.5. The van der Waals surface area contributed by atoms with Crippen molar-refractivity contribution in [1.82, 2.24) is 4.90 Å². The molecule has 0 spiro atoms. The lowest BCUT2D eigenvalue weighted by molar-refractivity contribution is -0.139. The number of nitrogens with zero attached hydrogens (tertiary/aromatic N) is 1. The fraction of sp³-hybridized carbons (Fsp3) is 0.231. The van der Waals surface area contributed by atoms with Crippen molar-refractivity contribution in [2.75, 3.05) is 6.61 Å². The molecule has 1 aliphatic carbocycles. The number of ether oxygens (including phenoxy) is 1. The molecule has 168 valence electrons. The maximum Gasteiger partial charge on any atom is 0.341 e. The van der Waals surface area contributed by atoms with Crippen LogP contribution in [0.15, 0.2) is 66.7 Å². The highest BCUT2D eigenvalue weighted by Gasteiger charge is 2.49. The zero-order valence-corrected chi connectivity index (χ0v) is 18.3. The first-order valence-electron chi connectivity index (χ1n) is 10.7. The molecule has 1 heterocycles. The van der Waals surface area contributed by atoms with E-state index in [2.05, 4.69) is 0 Å². The van der Waals surface area contributed by atoms with Gasteiger partial charge >= 0.3 is 5.97 Å². The summed E-state index contributed by atoms with van der Waals surface area (Å²) in [4.78, 5) is 26.5. The molecule has 7 heteroatoms. The Bertz CT molecular complexity index is 1250. The molecule has 0 aromatic heterocycles. The molecule has 3 unspecified atom stereocenters. The summed E-state index contributed by atoms with van der Waals surface area (Å²) < 4.78 is 19.8. The van der Waals surface area contributed by atoms with E-state index in [1.165, 1.54) is 6.07 Å². The summed E-state index contributed by atoms with van der Waals surface area (Å²) in [6.45, 7) is -0.0972. The molecule has 33 heavy (non-hydrogen) atoms. The molecule has 1 saturated carbocycles. The van der Waals surface area contributed by atoms with Crippen molar-refractivity contribution in [3.8, 4) is 5.75 Å². The number of carbonyl (C=O) groups is 2. The minimum Gasteiger partial charge on any atom is -0.482 e. The first-order valence-corrected chi connectivity index (χ1v) is 11.1. The number of hydrogen-bond donors (Lipinski definition) is 1. The van der Waals surface area contributed by atoms with Gasteiger partial charge in [-0.1, -0.05) is 54.1 Å². The highest BCUT2D eigenvalue weighted by molar-refractivity contribution is 6.30. The van der Waals surface area contributed by atoms with Crippen LogP contribution in [0, 0.1) is 11.7 Å². The lowest BCUT2D eigenvalue weighted by atomic mass is 9.97. The van der Waals surface area contributed by atoms with Crippen LogP contribution in [0.2, 0.25) is 5.02 Å². The zero-order chi connectivity index (χ0) is 23.1. The summed E-state index contributed by atoms with van der Waals surface area (Å²) in [7, 11) is 0. The van der Waals surface area contributed by atoms with Gasteiger partial charge in [-0.3, -0.25) is 4.79 Å². The molecule has 5 rings (SSSR count). The molecule has 5 nitrogen and oxygen atoms in total. The lowest BCUT2D eigenvalue weighted by Gasteiger charge is -2.28. The van der Waals surface area contributed by atoms with Crippen molar-refractivity contribution in [1.29, 1.82) is 0 Å². The van der Waals surface area contributed by atoms with Gasteiger partial charge in [0.25, 0.3) is 0 Å². The van der Waals surface area contributed by atoms with E-state index in [1.54, 1.807) is 41.3 Å². The number of carbonyl (C=O) groups excluding carboxylic acids is 1. The first-order chi connectivity index (χ1) is 15.9. The van der Waals surface area contributed by atoms with Crippen molar-refractivity contribution in [3.05, 3.63) is 99.8 Å². The molecule has 0 bridgehead atoms. The molecular weight excluding hydrogens is 445 g/mol. The van der Waals surface area contributed by atoms with E-state index < -0.39 is 18.6 Å². The maximum absolute atomic E-state index is 14.3. The second kappa shape index (κ2) is 8.52. The Hall–Kier alpha value is -3.38. The van der Waals surface area contributed by atoms with Crippen LogP contribution in [0.1, 0.15) is 40.6 Å². The van der Waals surface area contributed by atoms with Crippen molar-refractivity contribution < 1.29 is 23.8 Å². The number of carboxylic acids is 1. The van der Waals surface area contributed by atoms with Gasteiger partial charge in [0.2, 0.25) is 5.91 Å². The maximum atomic E-state index is 14.3. The van der Waals surface area contributed by atoms with E-state index in [1.807, 2.05) is 24.3 Å². The Morgan fingerprint density at radius 1 is 1.03 bits per heavy atom. The van der Waals surface area contributed by atoms with Gasteiger partial charge in [0.05, 0.1) is 6.04 Å². The smallest absolute Gasteiger partial charge is 0.341 e. The molecule has 1 fully saturated rings. The van der Waals surface area contributed by atoms with Crippen molar-refractivity contribution in [3.63, 3.8) is 0 Å². The number of benzene rings is 3. The largest absolute Gasteiger partial charge is 0.482 e. The van der Waals surface area contributed by atoms with Gasteiger partial charge in [-0.15, -0.1) is 0 Å². The number of carboxylic acid groups (broad SMARTS) is 1. The van der Waals surface area contributed by atoms with Gasteiger partial charge in [0, 0.05) is 23.0 Å². The van der Waals surface area contributed by atoms with Gasteiger partial charge in [-0.25, -0.2) is 9.18 Å². The van der Waals surface area contributed by atoms with Gasteiger partial charge in [0.1, 0.15) is 11.6 Å². The Morgan fingerprint density at radius 3 is 2.52 bits per heavy atom. The van der Waals surface area contributed by atoms with E-state index >= 15 is 0 Å². The van der Waals surface area contributed by atoms with Crippen LogP contribution in [0.25, 0.3) is 0 Å². The van der Waals surface area contributed by atoms with Crippen LogP contribution >= 0.6 is 11.6 Å². The number of fused-ring (bicyclic) bond motifs is 1. The quantitative estimate of drug-likeness (QED) is 0.545. The molecule has 2 aliphatic rings. The fourth-order valence-electron chi connectivity index (χ4n) is 4.73. The van der Waals surface area contributed by atoms with E-state index in [-0.39, 0.29) is 23.6 Å². The second-order valence-electron chi connectivity index (χ2n) is 8.40. The molecule has 1 N–H and O–H groups in total. The average molecular weight is 466 g/mol. The van der Waals surface area contributed by atoms with Gasteiger partial charge in [-0.2, -0.15) is 0 Å². The number of amides is 1. The molecule has 0 saturated heterocycles. The number of hydrogen-bond acceptors (Lipinski definition) is 3. The topological polar surface area (TPSA) is 66.8 Å². The minimum atomic E-state index is -1.10. The van der Waals surface area contributed by atoms with E-state index in [4.69, 9.17) is 21.4 Å². The summed E-state index contributed by atoms with van der Waals surface area (Å²) in [6, 6.07) is 18.8.